The van der Waals surface area contributed by atoms with Crippen LogP contribution in [0.1, 0.15) is 36.6 Å². The van der Waals surface area contributed by atoms with Gasteiger partial charge in [0, 0.05) is 11.4 Å². The van der Waals surface area contributed by atoms with Crippen LogP contribution in [0.2, 0.25) is 0 Å². The van der Waals surface area contributed by atoms with E-state index in [1.54, 1.807) is 11.8 Å². The van der Waals surface area contributed by atoms with Crippen molar-refractivity contribution in [2.24, 2.45) is 0 Å². The summed E-state index contributed by atoms with van der Waals surface area (Å²) in [4.78, 5) is 13.6. The molecule has 1 aliphatic heterocycles. The molecular weight excluding hydrogens is 488 g/mol. The van der Waals surface area contributed by atoms with Gasteiger partial charge in [-0.1, -0.05) is 17.2 Å². The van der Waals surface area contributed by atoms with Gasteiger partial charge in [-0.25, -0.2) is 0 Å². The Morgan fingerprint density at radius 1 is 1.27 bits per heavy atom. The number of nitrogens with one attached hydrogen (secondary N) is 2. The summed E-state index contributed by atoms with van der Waals surface area (Å²) < 4.78 is 13.6. The first-order valence-electron chi connectivity index (χ1n) is 10.5. The number of carbonyl (C=O) groups excluding carboxylic acids is 1. The minimum Gasteiger partial charge on any atom is -0.492 e. The lowest BCUT2D eigenvalue weighted by Gasteiger charge is -2.29. The van der Waals surface area contributed by atoms with E-state index >= 15 is 0 Å². The second-order valence-corrected chi connectivity index (χ2v) is 8.54. The van der Waals surface area contributed by atoms with E-state index < -0.39 is 6.04 Å². The number of allylic oxidation sites excluding steroid dienone is 1. The van der Waals surface area contributed by atoms with Crippen LogP contribution in [0.5, 0.6) is 11.5 Å². The van der Waals surface area contributed by atoms with Crippen molar-refractivity contribution in [3.63, 3.8) is 0 Å². The normalized spacial score (nSPS) is 15.0. The van der Waals surface area contributed by atoms with Crippen LogP contribution in [-0.4, -0.2) is 39.8 Å². The fourth-order valence-corrected chi connectivity index (χ4v) is 4.52. The lowest BCUT2D eigenvalue weighted by molar-refractivity contribution is -0.113. The standard InChI is InChI=1S/C23H25BrN6O3/c1-6-33-18-11-15(10-16(24)21(18)32-5)20-19(14(4)25-23-27-28-29-30(20)23)22(31)26-17-9-7-8-12(2)13(17)3/h7-11,20H,6H2,1-5H3,(H,26,31)(H,25,27,29). The number of rotatable bonds is 6. The predicted octanol–water partition coefficient (Wildman–Crippen LogP) is 4.39. The molecule has 3 aromatic rings. The summed E-state index contributed by atoms with van der Waals surface area (Å²) in [6.45, 7) is 8.20. The summed E-state index contributed by atoms with van der Waals surface area (Å²) in [5.41, 5.74) is 4.79. The fourth-order valence-electron chi connectivity index (χ4n) is 3.90. The molecule has 0 spiro atoms. The summed E-state index contributed by atoms with van der Waals surface area (Å²) >= 11 is 3.57. The summed E-state index contributed by atoms with van der Waals surface area (Å²) in [6.07, 6.45) is 0. The maximum absolute atomic E-state index is 13.6. The summed E-state index contributed by atoms with van der Waals surface area (Å²) in [7, 11) is 1.58. The molecule has 10 heteroatoms. The van der Waals surface area contributed by atoms with Gasteiger partial charge in [0.2, 0.25) is 5.95 Å². The van der Waals surface area contributed by atoms with Crippen LogP contribution in [0.25, 0.3) is 0 Å². The van der Waals surface area contributed by atoms with Crippen molar-refractivity contribution in [1.29, 1.82) is 0 Å². The van der Waals surface area contributed by atoms with E-state index in [0.29, 0.717) is 39.8 Å². The van der Waals surface area contributed by atoms with Gasteiger partial charge in [-0.2, -0.15) is 4.68 Å². The minimum absolute atomic E-state index is 0.246. The third-order valence-corrected chi connectivity index (χ3v) is 6.25. The number of methoxy groups -OCH3 is 1. The van der Waals surface area contributed by atoms with Crippen molar-refractivity contribution < 1.29 is 14.3 Å². The summed E-state index contributed by atoms with van der Waals surface area (Å²) in [6, 6.07) is 8.99. The first-order chi connectivity index (χ1) is 15.8. The molecule has 1 aromatic heterocycles. The molecule has 2 N–H and O–H groups in total. The maximum atomic E-state index is 13.6. The van der Waals surface area contributed by atoms with Gasteiger partial charge in [-0.15, -0.1) is 0 Å². The van der Waals surface area contributed by atoms with Crippen molar-refractivity contribution in [2.75, 3.05) is 24.4 Å². The molecule has 0 saturated heterocycles. The zero-order valence-corrected chi connectivity index (χ0v) is 20.6. The number of ether oxygens (including phenoxy) is 2. The van der Waals surface area contributed by atoms with Crippen molar-refractivity contribution in [1.82, 2.24) is 20.2 Å². The summed E-state index contributed by atoms with van der Waals surface area (Å²) in [5.74, 6) is 1.34. The molecule has 2 heterocycles. The molecule has 0 radical (unpaired) electrons. The van der Waals surface area contributed by atoms with Gasteiger partial charge in [0.15, 0.2) is 11.5 Å². The van der Waals surface area contributed by atoms with Crippen LogP contribution in [0, 0.1) is 13.8 Å². The first-order valence-corrected chi connectivity index (χ1v) is 11.3. The molecule has 1 unspecified atom stereocenters. The Labute approximate surface area is 200 Å². The quantitative estimate of drug-likeness (QED) is 0.504. The smallest absolute Gasteiger partial charge is 0.255 e. The number of amides is 1. The Morgan fingerprint density at radius 3 is 2.79 bits per heavy atom. The largest absolute Gasteiger partial charge is 0.492 e. The van der Waals surface area contributed by atoms with Crippen molar-refractivity contribution in [2.45, 2.75) is 33.7 Å². The van der Waals surface area contributed by atoms with Crippen LogP contribution in [0.4, 0.5) is 11.6 Å². The average Bonchev–Trinajstić information content (AvgIpc) is 3.24. The number of tetrazole rings is 1. The molecule has 0 saturated carbocycles. The van der Waals surface area contributed by atoms with E-state index in [4.69, 9.17) is 9.47 Å². The van der Waals surface area contributed by atoms with Gasteiger partial charge in [0.25, 0.3) is 5.91 Å². The van der Waals surface area contributed by atoms with Crippen LogP contribution < -0.4 is 20.1 Å². The van der Waals surface area contributed by atoms with E-state index in [1.807, 2.05) is 58.0 Å². The molecule has 0 fully saturated rings. The molecule has 2 aromatic carbocycles. The Kier molecular flexibility index (Phi) is 6.37. The zero-order chi connectivity index (χ0) is 23.7. The highest BCUT2D eigenvalue weighted by Crippen LogP contribution is 2.42. The first kappa shape index (κ1) is 22.8. The Bertz CT molecular complexity index is 1250. The monoisotopic (exact) mass is 512 g/mol. The van der Waals surface area contributed by atoms with Gasteiger partial charge in [0.05, 0.1) is 23.8 Å². The number of benzene rings is 2. The van der Waals surface area contributed by atoms with Crippen LogP contribution >= 0.6 is 15.9 Å². The lowest BCUT2D eigenvalue weighted by Crippen LogP contribution is -2.31. The van der Waals surface area contributed by atoms with Crippen molar-refractivity contribution in [3.05, 3.63) is 62.8 Å². The average molecular weight is 513 g/mol. The Balaban J connectivity index is 1.83. The molecule has 172 valence electrons. The van der Waals surface area contributed by atoms with Gasteiger partial charge < -0.3 is 20.1 Å². The zero-order valence-electron chi connectivity index (χ0n) is 19.1. The SMILES string of the molecule is CCOc1cc(C2C(C(=O)Nc3cccc(C)c3C)=C(C)Nc3nnnn32)cc(Br)c1OC. The number of carbonyl (C=O) groups is 1. The molecule has 9 nitrogen and oxygen atoms in total. The van der Waals surface area contributed by atoms with Crippen LogP contribution in [0.3, 0.4) is 0 Å². The van der Waals surface area contributed by atoms with Gasteiger partial charge in [-0.05, 0) is 88.9 Å². The molecule has 1 atom stereocenters. The molecule has 1 amide bonds. The van der Waals surface area contributed by atoms with Gasteiger partial charge in [-0.3, -0.25) is 4.79 Å². The minimum atomic E-state index is -0.581. The highest BCUT2D eigenvalue weighted by molar-refractivity contribution is 9.10. The predicted molar refractivity (Wildman–Crippen MR) is 129 cm³/mol. The number of hydrogen-bond acceptors (Lipinski definition) is 7. The number of nitrogens with zero attached hydrogens (tertiary/aromatic N) is 4. The second-order valence-electron chi connectivity index (χ2n) is 7.68. The van der Waals surface area contributed by atoms with Gasteiger partial charge in [0.1, 0.15) is 6.04 Å². The third-order valence-electron chi connectivity index (χ3n) is 5.66. The highest BCUT2D eigenvalue weighted by Gasteiger charge is 2.35. The molecule has 0 bridgehead atoms. The van der Waals surface area contributed by atoms with Crippen molar-refractivity contribution >= 4 is 33.5 Å². The number of halogens is 1. The Hall–Kier alpha value is -3.40. The molecule has 1 aliphatic rings. The number of aromatic nitrogens is 4. The molecule has 4 rings (SSSR count). The Morgan fingerprint density at radius 2 is 2.06 bits per heavy atom. The van der Waals surface area contributed by atoms with E-state index in [-0.39, 0.29) is 5.91 Å². The maximum Gasteiger partial charge on any atom is 0.255 e. The van der Waals surface area contributed by atoms with E-state index in [9.17, 15) is 4.79 Å². The number of fused-ring (bicyclic) bond motifs is 1. The van der Waals surface area contributed by atoms with E-state index in [2.05, 4.69) is 42.1 Å². The van der Waals surface area contributed by atoms with Crippen LogP contribution in [0.15, 0.2) is 46.1 Å². The molecular formula is C23H25BrN6O3. The fraction of sp³-hybridized carbons (Fsp3) is 0.304. The molecule has 0 aliphatic carbocycles. The third kappa shape index (κ3) is 4.18. The number of anilines is 2. The van der Waals surface area contributed by atoms with E-state index in [0.717, 1.165) is 22.4 Å². The topological polar surface area (TPSA) is 103 Å². The summed E-state index contributed by atoms with van der Waals surface area (Å²) in [5, 5.41) is 18.2. The van der Waals surface area contributed by atoms with Crippen molar-refractivity contribution in [3.8, 4) is 11.5 Å². The number of aryl methyl sites for hydroxylation is 1. The lowest BCUT2D eigenvalue weighted by atomic mass is 9.94. The number of hydrogen-bond donors (Lipinski definition) is 2. The molecule has 33 heavy (non-hydrogen) atoms. The van der Waals surface area contributed by atoms with Crippen LogP contribution in [-0.2, 0) is 4.79 Å². The second kappa shape index (κ2) is 9.22. The van der Waals surface area contributed by atoms with Gasteiger partial charge >= 0.3 is 0 Å². The van der Waals surface area contributed by atoms with E-state index in [1.165, 1.54) is 0 Å². The highest BCUT2D eigenvalue weighted by atomic mass is 79.9.